The molecule has 0 aromatic heterocycles. The molecule has 1 aromatic rings. The topological polar surface area (TPSA) is 70.0 Å². The van der Waals surface area contributed by atoms with Crippen LogP contribution < -0.4 is 4.72 Å². The summed E-state index contributed by atoms with van der Waals surface area (Å²) in [5, 5.41) is 8.67. The molecule has 0 amide bonds. The summed E-state index contributed by atoms with van der Waals surface area (Å²) in [6, 6.07) is 7.08. The lowest BCUT2D eigenvalue weighted by Crippen LogP contribution is -2.29. The van der Waals surface area contributed by atoms with E-state index in [1.807, 2.05) is 0 Å². The third-order valence-electron chi connectivity index (χ3n) is 1.72. The molecule has 86 valence electrons. The molecular formula is C9H8F2N2O2S. The molecule has 7 heteroatoms. The van der Waals surface area contributed by atoms with Crippen LogP contribution >= 0.6 is 0 Å². The van der Waals surface area contributed by atoms with Gasteiger partial charge in [0.25, 0.3) is 6.43 Å². The van der Waals surface area contributed by atoms with E-state index in [1.165, 1.54) is 24.3 Å². The van der Waals surface area contributed by atoms with Crippen molar-refractivity contribution in [3.05, 3.63) is 29.8 Å². The quantitative estimate of drug-likeness (QED) is 0.864. The molecule has 0 radical (unpaired) electrons. The summed E-state index contributed by atoms with van der Waals surface area (Å²) in [6.45, 7) is -0.970. The summed E-state index contributed by atoms with van der Waals surface area (Å²) in [5.74, 6) is 0. The lowest BCUT2D eigenvalue weighted by atomic mass is 10.2. The fourth-order valence-corrected chi connectivity index (χ4v) is 2.21. The first-order chi connectivity index (χ1) is 7.47. The minimum absolute atomic E-state index is 0.0794. The van der Waals surface area contributed by atoms with Crippen molar-refractivity contribution in [2.45, 2.75) is 11.3 Å². The summed E-state index contributed by atoms with van der Waals surface area (Å²) >= 11 is 0. The van der Waals surface area contributed by atoms with E-state index in [-0.39, 0.29) is 10.5 Å². The summed E-state index contributed by atoms with van der Waals surface area (Å²) in [7, 11) is -4.05. The minimum Gasteiger partial charge on any atom is -0.209 e. The van der Waals surface area contributed by atoms with E-state index in [9.17, 15) is 17.2 Å². The smallest absolute Gasteiger partial charge is 0.209 e. The lowest BCUT2D eigenvalue weighted by Gasteiger charge is -2.07. The number of alkyl halides is 2. The molecule has 0 bridgehead atoms. The molecule has 0 unspecified atom stereocenters. The molecular weight excluding hydrogens is 238 g/mol. The number of hydrogen-bond donors (Lipinski definition) is 1. The van der Waals surface area contributed by atoms with Crippen LogP contribution in [0.15, 0.2) is 29.2 Å². The standard InChI is InChI=1S/C9H8F2N2O2S/c10-9(11)6-13-16(14,15)8-4-2-1-3-7(8)5-12/h1-4,9,13H,6H2. The minimum atomic E-state index is -4.05. The van der Waals surface area contributed by atoms with Gasteiger partial charge in [0.05, 0.1) is 17.0 Å². The van der Waals surface area contributed by atoms with Crippen molar-refractivity contribution in [3.8, 4) is 6.07 Å². The van der Waals surface area contributed by atoms with Crippen molar-refractivity contribution in [1.82, 2.24) is 4.72 Å². The monoisotopic (exact) mass is 246 g/mol. The molecule has 1 N–H and O–H groups in total. The molecule has 0 saturated carbocycles. The molecule has 0 aliphatic rings. The largest absolute Gasteiger partial charge is 0.251 e. The Bertz CT molecular complexity index is 508. The van der Waals surface area contributed by atoms with Gasteiger partial charge in [-0.15, -0.1) is 0 Å². The maximum absolute atomic E-state index is 11.9. The zero-order valence-corrected chi connectivity index (χ0v) is 8.84. The van der Waals surface area contributed by atoms with E-state index in [2.05, 4.69) is 0 Å². The second-order valence-electron chi connectivity index (χ2n) is 2.85. The normalized spacial score (nSPS) is 11.4. The van der Waals surface area contributed by atoms with Crippen LogP contribution in [-0.2, 0) is 10.0 Å². The van der Waals surface area contributed by atoms with E-state index in [0.717, 1.165) is 0 Å². The van der Waals surface area contributed by atoms with E-state index in [0.29, 0.717) is 0 Å². The number of rotatable bonds is 4. The molecule has 0 fully saturated rings. The van der Waals surface area contributed by atoms with Crippen molar-refractivity contribution in [1.29, 1.82) is 5.26 Å². The number of nitrogens with zero attached hydrogens (tertiary/aromatic N) is 1. The molecule has 0 aliphatic carbocycles. The van der Waals surface area contributed by atoms with Crippen LogP contribution in [0.4, 0.5) is 8.78 Å². The molecule has 0 saturated heterocycles. The zero-order valence-electron chi connectivity index (χ0n) is 8.02. The van der Waals surface area contributed by atoms with Gasteiger partial charge < -0.3 is 0 Å². The maximum atomic E-state index is 11.9. The van der Waals surface area contributed by atoms with E-state index in [4.69, 9.17) is 5.26 Å². The molecule has 1 aromatic carbocycles. The molecule has 0 atom stereocenters. The van der Waals surface area contributed by atoms with Crippen LogP contribution in [0.5, 0.6) is 0 Å². The molecule has 0 heterocycles. The fraction of sp³-hybridized carbons (Fsp3) is 0.222. The zero-order chi connectivity index (χ0) is 12.2. The van der Waals surface area contributed by atoms with Gasteiger partial charge in [-0.3, -0.25) is 0 Å². The molecule has 1 rings (SSSR count). The highest BCUT2D eigenvalue weighted by molar-refractivity contribution is 7.89. The van der Waals surface area contributed by atoms with Crippen LogP contribution in [0.2, 0.25) is 0 Å². The lowest BCUT2D eigenvalue weighted by molar-refractivity contribution is 0.153. The molecule has 0 spiro atoms. The summed E-state index contributed by atoms with van der Waals surface area (Å²) in [4.78, 5) is -0.293. The Labute approximate surface area is 91.6 Å². The van der Waals surface area contributed by atoms with Gasteiger partial charge in [-0.25, -0.2) is 21.9 Å². The summed E-state index contributed by atoms with van der Waals surface area (Å²) in [5.41, 5.74) is -0.0794. The third kappa shape index (κ3) is 2.98. The Morgan fingerprint density at radius 1 is 1.38 bits per heavy atom. The highest BCUT2D eigenvalue weighted by Crippen LogP contribution is 2.13. The Kier molecular flexibility index (Phi) is 3.93. The van der Waals surface area contributed by atoms with Crippen molar-refractivity contribution in [2.24, 2.45) is 0 Å². The maximum Gasteiger partial charge on any atom is 0.251 e. The van der Waals surface area contributed by atoms with Gasteiger partial charge in [-0.2, -0.15) is 5.26 Å². The van der Waals surface area contributed by atoms with Crippen LogP contribution in [0, 0.1) is 11.3 Å². The first-order valence-corrected chi connectivity index (χ1v) is 5.72. The van der Waals surface area contributed by atoms with Crippen LogP contribution in [0.1, 0.15) is 5.56 Å². The van der Waals surface area contributed by atoms with Gasteiger partial charge in [0, 0.05) is 0 Å². The molecule has 4 nitrogen and oxygen atoms in total. The Balaban J connectivity index is 3.04. The number of hydrogen-bond acceptors (Lipinski definition) is 3. The van der Waals surface area contributed by atoms with Crippen molar-refractivity contribution >= 4 is 10.0 Å². The predicted octanol–water partition coefficient (Wildman–Crippen LogP) is 1.10. The van der Waals surface area contributed by atoms with Crippen molar-refractivity contribution < 1.29 is 17.2 Å². The van der Waals surface area contributed by atoms with Gasteiger partial charge in [0.15, 0.2) is 0 Å². The summed E-state index contributed by atoms with van der Waals surface area (Å²) < 4.78 is 48.5. The number of nitrogens with one attached hydrogen (secondary N) is 1. The van der Waals surface area contributed by atoms with Crippen LogP contribution in [0.3, 0.4) is 0 Å². The van der Waals surface area contributed by atoms with Crippen molar-refractivity contribution in [2.75, 3.05) is 6.54 Å². The Hall–Kier alpha value is -1.52. The first kappa shape index (κ1) is 12.5. The SMILES string of the molecule is N#Cc1ccccc1S(=O)(=O)NCC(F)F. The molecule has 16 heavy (non-hydrogen) atoms. The van der Waals surface area contributed by atoms with E-state index >= 15 is 0 Å². The van der Waals surface area contributed by atoms with Gasteiger partial charge in [0.1, 0.15) is 6.07 Å². The third-order valence-corrected chi connectivity index (χ3v) is 3.21. The highest BCUT2D eigenvalue weighted by atomic mass is 32.2. The van der Waals surface area contributed by atoms with Gasteiger partial charge in [-0.1, -0.05) is 12.1 Å². The number of benzene rings is 1. The van der Waals surface area contributed by atoms with E-state index < -0.39 is 23.0 Å². The van der Waals surface area contributed by atoms with Gasteiger partial charge >= 0.3 is 0 Å². The Morgan fingerprint density at radius 3 is 2.56 bits per heavy atom. The average molecular weight is 246 g/mol. The van der Waals surface area contributed by atoms with Crippen LogP contribution in [0.25, 0.3) is 0 Å². The number of halogens is 2. The fourth-order valence-electron chi connectivity index (χ4n) is 1.04. The number of sulfonamides is 1. The first-order valence-electron chi connectivity index (χ1n) is 4.24. The molecule has 0 aliphatic heterocycles. The average Bonchev–Trinajstić information content (AvgIpc) is 2.26. The van der Waals surface area contributed by atoms with Crippen molar-refractivity contribution in [3.63, 3.8) is 0 Å². The summed E-state index contributed by atoms with van der Waals surface area (Å²) in [6.07, 6.45) is -2.77. The Morgan fingerprint density at radius 2 is 2.00 bits per heavy atom. The van der Waals surface area contributed by atoms with Gasteiger partial charge in [-0.05, 0) is 12.1 Å². The highest BCUT2D eigenvalue weighted by Gasteiger charge is 2.19. The number of nitriles is 1. The van der Waals surface area contributed by atoms with Gasteiger partial charge in [0.2, 0.25) is 10.0 Å². The van der Waals surface area contributed by atoms with E-state index in [1.54, 1.807) is 10.8 Å². The predicted molar refractivity (Wildman–Crippen MR) is 52.3 cm³/mol. The second kappa shape index (κ2) is 5.01. The van der Waals surface area contributed by atoms with Crippen LogP contribution in [-0.4, -0.2) is 21.4 Å². The second-order valence-corrected chi connectivity index (χ2v) is 4.59.